The van der Waals surface area contributed by atoms with Crippen molar-refractivity contribution in [3.05, 3.63) is 28.8 Å². The van der Waals surface area contributed by atoms with Gasteiger partial charge in [-0.1, -0.05) is 17.7 Å². The third kappa shape index (κ3) is 7.15. The number of hydrogen-bond donors (Lipinski definition) is 4. The fraction of sp³-hybridized carbons (Fsp3) is 0.529. The van der Waals surface area contributed by atoms with E-state index in [1.807, 2.05) is 13.0 Å². The van der Waals surface area contributed by atoms with Crippen LogP contribution in [0.25, 0.3) is 0 Å². The van der Waals surface area contributed by atoms with Gasteiger partial charge in [0.1, 0.15) is 13.1 Å². The molecule has 0 spiro atoms. The van der Waals surface area contributed by atoms with Gasteiger partial charge in [-0.3, -0.25) is 4.79 Å². The van der Waals surface area contributed by atoms with E-state index in [-0.39, 0.29) is 12.5 Å². The number of thiocarbonyl (C=S) groups is 1. The Balaban J connectivity index is 1.59. The summed E-state index contributed by atoms with van der Waals surface area (Å²) in [6.07, 6.45) is 1.03. The summed E-state index contributed by atoms with van der Waals surface area (Å²) in [5.41, 5.74) is 1.57. The summed E-state index contributed by atoms with van der Waals surface area (Å²) in [6.45, 7) is 7.74. The predicted octanol–water partition coefficient (Wildman–Crippen LogP) is 0.356. The van der Waals surface area contributed by atoms with Crippen molar-refractivity contribution >= 4 is 40.5 Å². The summed E-state index contributed by atoms with van der Waals surface area (Å²) in [7, 11) is 0. The van der Waals surface area contributed by atoms with E-state index in [1.165, 1.54) is 0 Å². The van der Waals surface area contributed by atoms with Crippen LogP contribution in [0.1, 0.15) is 12.0 Å². The van der Waals surface area contributed by atoms with E-state index in [0.717, 1.165) is 51.4 Å². The van der Waals surface area contributed by atoms with E-state index in [0.29, 0.717) is 15.8 Å². The quantitative estimate of drug-likeness (QED) is 0.403. The third-order valence-corrected chi connectivity index (χ3v) is 4.84. The number of rotatable bonds is 7. The largest absolute Gasteiger partial charge is 0.370 e. The number of anilines is 1. The van der Waals surface area contributed by atoms with Crippen molar-refractivity contribution < 1.29 is 14.4 Å². The molecule has 25 heavy (non-hydrogen) atoms. The number of nitrogens with one attached hydrogen (secondary N) is 4. The first-order valence-electron chi connectivity index (χ1n) is 8.54. The molecule has 0 aliphatic carbocycles. The van der Waals surface area contributed by atoms with Gasteiger partial charge in [-0.25, -0.2) is 0 Å². The second-order valence-electron chi connectivity index (χ2n) is 6.04. The summed E-state index contributed by atoms with van der Waals surface area (Å²) < 4.78 is 5.34. The highest BCUT2D eigenvalue weighted by atomic mass is 35.5. The molecule has 2 rings (SSSR count). The van der Waals surface area contributed by atoms with Crippen LogP contribution in [0.4, 0.5) is 5.69 Å². The van der Waals surface area contributed by atoms with Gasteiger partial charge in [0.15, 0.2) is 5.11 Å². The van der Waals surface area contributed by atoms with Gasteiger partial charge < -0.3 is 25.6 Å². The Morgan fingerprint density at radius 1 is 1.32 bits per heavy atom. The Morgan fingerprint density at radius 2 is 2.08 bits per heavy atom. The van der Waals surface area contributed by atoms with Crippen molar-refractivity contribution in [2.75, 3.05) is 51.3 Å². The average Bonchev–Trinajstić information content (AvgIpc) is 2.62. The molecule has 0 saturated carbocycles. The molecule has 8 heteroatoms. The Hall–Kier alpha value is -1.41. The van der Waals surface area contributed by atoms with Gasteiger partial charge in [-0.15, -0.1) is 0 Å². The van der Waals surface area contributed by atoms with Crippen molar-refractivity contribution in [1.29, 1.82) is 0 Å². The molecule has 1 saturated heterocycles. The lowest BCUT2D eigenvalue weighted by Crippen LogP contribution is -3.14. The molecule has 1 aliphatic heterocycles. The van der Waals surface area contributed by atoms with Crippen molar-refractivity contribution in [1.82, 2.24) is 10.6 Å². The van der Waals surface area contributed by atoms with Crippen LogP contribution in [0, 0.1) is 6.92 Å². The zero-order valence-corrected chi connectivity index (χ0v) is 16.1. The molecule has 0 atom stereocenters. The summed E-state index contributed by atoms with van der Waals surface area (Å²) in [6, 6.07) is 5.42. The smallest absolute Gasteiger partial charge is 0.243 e. The summed E-state index contributed by atoms with van der Waals surface area (Å²) >= 11 is 11.2. The number of halogens is 1. The highest BCUT2D eigenvalue weighted by Crippen LogP contribution is 2.22. The molecule has 138 valence electrons. The molecule has 0 radical (unpaired) electrons. The van der Waals surface area contributed by atoms with Crippen LogP contribution in [0.2, 0.25) is 5.02 Å². The standard InChI is InChI=1S/C17H25ClN4O2S/c1-13-14(18)4-2-5-15(13)21-16(23)12-20-17(25)19-6-3-7-22-8-10-24-11-9-22/h2,4-5H,3,6-12H2,1H3,(H,21,23)(H2,19,20,25)/p+1. The van der Waals surface area contributed by atoms with E-state index in [9.17, 15) is 4.79 Å². The number of carbonyl (C=O) groups is 1. The molecule has 1 amide bonds. The minimum absolute atomic E-state index is 0.118. The number of amides is 1. The predicted molar refractivity (Wildman–Crippen MR) is 104 cm³/mol. The maximum Gasteiger partial charge on any atom is 0.243 e. The topological polar surface area (TPSA) is 66.8 Å². The SMILES string of the molecule is Cc1c(Cl)cccc1NC(=O)CNC(=S)NCCC[NH+]1CCOCC1. The first-order valence-corrected chi connectivity index (χ1v) is 9.33. The van der Waals surface area contributed by atoms with Gasteiger partial charge in [-0.05, 0) is 36.8 Å². The van der Waals surface area contributed by atoms with E-state index in [1.54, 1.807) is 17.0 Å². The van der Waals surface area contributed by atoms with Crippen molar-refractivity contribution in [2.24, 2.45) is 0 Å². The van der Waals surface area contributed by atoms with Crippen LogP contribution >= 0.6 is 23.8 Å². The van der Waals surface area contributed by atoms with E-state index >= 15 is 0 Å². The molecule has 0 aromatic heterocycles. The number of hydrogen-bond acceptors (Lipinski definition) is 3. The van der Waals surface area contributed by atoms with Crippen LogP contribution in [0.3, 0.4) is 0 Å². The van der Waals surface area contributed by atoms with Crippen LogP contribution in [-0.4, -0.2) is 57.0 Å². The third-order valence-electron chi connectivity index (χ3n) is 4.14. The Labute approximate surface area is 159 Å². The Morgan fingerprint density at radius 3 is 2.84 bits per heavy atom. The zero-order valence-electron chi connectivity index (χ0n) is 14.5. The fourth-order valence-electron chi connectivity index (χ4n) is 2.61. The molecular formula is C17H26ClN4O2S+. The fourth-order valence-corrected chi connectivity index (χ4v) is 2.96. The van der Waals surface area contributed by atoms with Gasteiger partial charge >= 0.3 is 0 Å². The molecule has 1 aromatic rings. The van der Waals surface area contributed by atoms with E-state index in [2.05, 4.69) is 16.0 Å². The zero-order chi connectivity index (χ0) is 18.1. The molecule has 1 aromatic carbocycles. The molecule has 4 N–H and O–H groups in total. The van der Waals surface area contributed by atoms with Crippen molar-refractivity contribution in [3.63, 3.8) is 0 Å². The average molecular weight is 386 g/mol. The highest BCUT2D eigenvalue weighted by Gasteiger charge is 2.12. The second-order valence-corrected chi connectivity index (χ2v) is 6.85. The van der Waals surface area contributed by atoms with Gasteiger partial charge in [0.05, 0.1) is 26.3 Å². The van der Waals surface area contributed by atoms with Crippen LogP contribution in [0.15, 0.2) is 18.2 Å². The second kappa shape index (κ2) is 10.6. The molecule has 1 aliphatic rings. The number of quaternary nitrogens is 1. The first-order chi connectivity index (χ1) is 12.1. The van der Waals surface area contributed by atoms with Crippen LogP contribution in [0.5, 0.6) is 0 Å². The van der Waals surface area contributed by atoms with E-state index in [4.69, 9.17) is 28.6 Å². The Kier molecular flexibility index (Phi) is 8.40. The van der Waals surface area contributed by atoms with Gasteiger partial charge in [0.25, 0.3) is 0 Å². The maximum absolute atomic E-state index is 12.0. The van der Waals surface area contributed by atoms with Crippen LogP contribution < -0.4 is 20.9 Å². The highest BCUT2D eigenvalue weighted by molar-refractivity contribution is 7.80. The van der Waals surface area contributed by atoms with Gasteiger partial charge in [0.2, 0.25) is 5.91 Å². The molecule has 1 heterocycles. The number of ether oxygens (including phenoxy) is 1. The lowest BCUT2D eigenvalue weighted by molar-refractivity contribution is -0.908. The van der Waals surface area contributed by atoms with Gasteiger partial charge in [-0.2, -0.15) is 0 Å². The van der Waals surface area contributed by atoms with Gasteiger partial charge in [0, 0.05) is 23.7 Å². The maximum atomic E-state index is 12.0. The molecule has 6 nitrogen and oxygen atoms in total. The molecule has 0 unspecified atom stereocenters. The normalized spacial score (nSPS) is 14.8. The minimum Gasteiger partial charge on any atom is -0.370 e. The molecule has 1 fully saturated rings. The number of morpholine rings is 1. The first kappa shape index (κ1) is 19.9. The summed E-state index contributed by atoms with van der Waals surface area (Å²) in [4.78, 5) is 13.6. The lowest BCUT2D eigenvalue weighted by Gasteiger charge is -2.23. The number of carbonyl (C=O) groups excluding carboxylic acids is 1. The lowest BCUT2D eigenvalue weighted by atomic mass is 10.2. The van der Waals surface area contributed by atoms with Crippen molar-refractivity contribution in [3.8, 4) is 0 Å². The summed E-state index contributed by atoms with van der Waals surface area (Å²) in [5.74, 6) is -0.160. The molecular weight excluding hydrogens is 360 g/mol. The van der Waals surface area contributed by atoms with E-state index < -0.39 is 0 Å². The van der Waals surface area contributed by atoms with Crippen LogP contribution in [-0.2, 0) is 9.53 Å². The summed E-state index contributed by atoms with van der Waals surface area (Å²) in [5, 5.41) is 10.0. The Bertz CT molecular complexity index is 594. The number of benzene rings is 1. The monoisotopic (exact) mass is 385 g/mol. The molecule has 0 bridgehead atoms. The minimum atomic E-state index is -0.160. The van der Waals surface area contributed by atoms with Crippen molar-refractivity contribution in [2.45, 2.75) is 13.3 Å².